The quantitative estimate of drug-likeness (QED) is 0.267. The van der Waals surface area contributed by atoms with Gasteiger partial charge in [-0.05, 0) is 40.5 Å². The molecular formula is C35H59NOS2. The van der Waals surface area contributed by atoms with Crippen LogP contribution in [0.5, 0.6) is 0 Å². The number of hydrogen-bond donors (Lipinski definition) is 0. The van der Waals surface area contributed by atoms with Gasteiger partial charge in [0.2, 0.25) is 0 Å². The van der Waals surface area contributed by atoms with Gasteiger partial charge in [0.15, 0.2) is 0 Å². The second kappa shape index (κ2) is 12.2. The van der Waals surface area contributed by atoms with Gasteiger partial charge >= 0.3 is 0 Å². The number of rotatable bonds is 0. The standard InChI is InChI=1S/C12H20O.C12H20S.C11H19NS/c2*1-11(2,3)9-7-8-10(13-9)12(4,5)6;1-10(2,3)8-7-12-9(13-8)11(4,5)6/h2*7-8H,1-6H3;7H,1-6H3. The summed E-state index contributed by atoms with van der Waals surface area (Å²) in [5.41, 5.74) is 1.25. The zero-order chi connectivity index (χ0) is 30.8. The number of nitrogens with zero attached hydrogens (tertiary/aromatic N) is 1. The van der Waals surface area contributed by atoms with Gasteiger partial charge in [0.1, 0.15) is 11.5 Å². The lowest BCUT2D eigenvalue weighted by Crippen LogP contribution is -2.11. The highest BCUT2D eigenvalue weighted by molar-refractivity contribution is 7.12. The third kappa shape index (κ3) is 11.6. The summed E-state index contributed by atoms with van der Waals surface area (Å²) < 4.78 is 5.81. The van der Waals surface area contributed by atoms with Crippen molar-refractivity contribution < 1.29 is 4.42 Å². The van der Waals surface area contributed by atoms with E-state index in [9.17, 15) is 0 Å². The molecule has 0 bridgehead atoms. The van der Waals surface area contributed by atoms with Crippen LogP contribution in [0.25, 0.3) is 0 Å². The van der Waals surface area contributed by atoms with Crippen molar-refractivity contribution in [2.45, 2.75) is 157 Å². The molecular weight excluding hydrogens is 515 g/mol. The minimum absolute atomic E-state index is 0.115. The van der Waals surface area contributed by atoms with Crippen LogP contribution >= 0.6 is 22.7 Å². The molecule has 0 saturated carbocycles. The van der Waals surface area contributed by atoms with E-state index in [4.69, 9.17) is 4.42 Å². The molecule has 0 unspecified atom stereocenters. The first-order valence-corrected chi connectivity index (χ1v) is 15.9. The third-order valence-corrected chi connectivity index (χ3v) is 9.84. The summed E-state index contributed by atoms with van der Waals surface area (Å²) in [7, 11) is 0. The molecule has 4 heteroatoms. The zero-order valence-electron chi connectivity index (χ0n) is 28.6. The van der Waals surface area contributed by atoms with E-state index < -0.39 is 0 Å². The van der Waals surface area contributed by atoms with Crippen molar-refractivity contribution in [1.82, 2.24) is 4.98 Å². The Kier molecular flexibility index (Phi) is 11.2. The zero-order valence-corrected chi connectivity index (χ0v) is 30.2. The molecule has 0 N–H and O–H groups in total. The van der Waals surface area contributed by atoms with Gasteiger partial charge < -0.3 is 4.42 Å². The minimum atomic E-state index is 0.115. The van der Waals surface area contributed by atoms with Gasteiger partial charge in [-0.2, -0.15) is 0 Å². The number of thiazole rings is 1. The highest BCUT2D eigenvalue weighted by Crippen LogP contribution is 2.36. The van der Waals surface area contributed by atoms with E-state index in [1.165, 1.54) is 19.6 Å². The first-order valence-electron chi connectivity index (χ1n) is 14.3. The fraction of sp³-hybridized carbons (Fsp3) is 0.686. The lowest BCUT2D eigenvalue weighted by Gasteiger charge is -2.18. The monoisotopic (exact) mass is 573 g/mol. The maximum Gasteiger partial charge on any atom is 0.109 e. The topological polar surface area (TPSA) is 26.0 Å². The summed E-state index contributed by atoms with van der Waals surface area (Å²) in [6, 6.07) is 8.71. The summed E-state index contributed by atoms with van der Waals surface area (Å²) in [6.07, 6.45) is 2.02. The number of aromatic nitrogens is 1. The van der Waals surface area contributed by atoms with Crippen molar-refractivity contribution in [1.29, 1.82) is 0 Å². The molecule has 0 aliphatic heterocycles. The van der Waals surface area contributed by atoms with E-state index in [0.29, 0.717) is 10.8 Å². The molecule has 3 rings (SSSR count). The van der Waals surface area contributed by atoms with Crippen LogP contribution in [0.2, 0.25) is 0 Å². The molecule has 2 nitrogen and oxygen atoms in total. The molecule has 222 valence electrons. The maximum absolute atomic E-state index is 5.81. The first kappa shape index (κ1) is 35.6. The predicted molar refractivity (Wildman–Crippen MR) is 177 cm³/mol. The molecule has 0 aliphatic carbocycles. The molecule has 0 fully saturated rings. The summed E-state index contributed by atoms with van der Waals surface area (Å²) in [6.45, 7) is 39.9. The fourth-order valence-corrected chi connectivity index (χ4v) is 5.41. The second-order valence-electron chi connectivity index (χ2n) is 16.9. The Morgan fingerprint density at radius 2 is 0.795 bits per heavy atom. The number of thiophene rings is 1. The average Bonchev–Trinajstić information content (AvgIpc) is 3.45. The molecule has 0 atom stereocenters. The van der Waals surface area contributed by atoms with Crippen LogP contribution in [-0.4, -0.2) is 4.98 Å². The van der Waals surface area contributed by atoms with Gasteiger partial charge in [-0.25, -0.2) is 4.98 Å². The van der Waals surface area contributed by atoms with Crippen molar-refractivity contribution in [3.8, 4) is 0 Å². The fourth-order valence-electron chi connectivity index (χ4n) is 3.26. The molecule has 3 aromatic rings. The van der Waals surface area contributed by atoms with Crippen molar-refractivity contribution in [3.05, 3.63) is 61.6 Å². The van der Waals surface area contributed by atoms with E-state index in [0.717, 1.165) is 11.5 Å². The normalized spacial score (nSPS) is 13.4. The Hall–Kier alpha value is -1.39. The van der Waals surface area contributed by atoms with Crippen LogP contribution in [0.1, 0.15) is 156 Å². The molecule has 0 saturated heterocycles. The third-order valence-electron chi connectivity index (χ3n) is 6.06. The van der Waals surface area contributed by atoms with Crippen LogP contribution in [0.3, 0.4) is 0 Å². The predicted octanol–water partition coefficient (Wildman–Crippen LogP) is 12.0. The molecule has 39 heavy (non-hydrogen) atoms. The van der Waals surface area contributed by atoms with E-state index in [2.05, 4.69) is 154 Å². The summed E-state index contributed by atoms with van der Waals surface area (Å²) in [4.78, 5) is 8.81. The Balaban J connectivity index is 0.000000292. The Bertz CT molecular complexity index is 914. The van der Waals surface area contributed by atoms with Gasteiger partial charge in [0.05, 0.1) is 5.01 Å². The van der Waals surface area contributed by atoms with E-state index in [1.807, 2.05) is 28.9 Å². The van der Waals surface area contributed by atoms with Gasteiger partial charge in [-0.3, -0.25) is 0 Å². The van der Waals surface area contributed by atoms with Crippen molar-refractivity contribution in [3.63, 3.8) is 0 Å². The molecule has 3 heterocycles. The maximum atomic E-state index is 5.81. The smallest absolute Gasteiger partial charge is 0.109 e. The van der Waals surface area contributed by atoms with Gasteiger partial charge in [0.25, 0.3) is 0 Å². The molecule has 0 amide bonds. The highest BCUT2D eigenvalue weighted by atomic mass is 32.1. The Morgan fingerprint density at radius 3 is 0.974 bits per heavy atom. The van der Waals surface area contributed by atoms with Crippen LogP contribution in [-0.2, 0) is 32.5 Å². The highest BCUT2D eigenvalue weighted by Gasteiger charge is 2.24. The van der Waals surface area contributed by atoms with E-state index in [-0.39, 0.29) is 21.7 Å². The van der Waals surface area contributed by atoms with Crippen LogP contribution < -0.4 is 0 Å². The van der Waals surface area contributed by atoms with Gasteiger partial charge in [-0.1, -0.05) is 125 Å². The summed E-state index contributed by atoms with van der Waals surface area (Å²) in [5, 5.41) is 1.23. The van der Waals surface area contributed by atoms with Gasteiger partial charge in [-0.15, -0.1) is 22.7 Å². The Labute approximate surface area is 250 Å². The molecule has 3 aromatic heterocycles. The number of hydrogen-bond acceptors (Lipinski definition) is 4. The largest absolute Gasteiger partial charge is 0.465 e. The molecule has 0 aliphatic rings. The van der Waals surface area contributed by atoms with Gasteiger partial charge in [0, 0.05) is 37.1 Å². The Morgan fingerprint density at radius 1 is 0.436 bits per heavy atom. The van der Waals surface area contributed by atoms with Crippen molar-refractivity contribution in [2.75, 3.05) is 0 Å². The lowest BCUT2D eigenvalue weighted by molar-refractivity contribution is 0.344. The van der Waals surface area contributed by atoms with Crippen LogP contribution in [0.4, 0.5) is 0 Å². The van der Waals surface area contributed by atoms with Crippen molar-refractivity contribution >= 4 is 22.7 Å². The summed E-state index contributed by atoms with van der Waals surface area (Å²) in [5.74, 6) is 2.13. The van der Waals surface area contributed by atoms with Crippen molar-refractivity contribution in [2.24, 2.45) is 0 Å². The van der Waals surface area contributed by atoms with E-state index >= 15 is 0 Å². The second-order valence-corrected chi connectivity index (χ2v) is 19.0. The average molecular weight is 574 g/mol. The minimum Gasteiger partial charge on any atom is -0.465 e. The first-order chi connectivity index (χ1) is 17.1. The number of furan rings is 1. The van der Waals surface area contributed by atoms with Crippen LogP contribution in [0.15, 0.2) is 34.9 Å². The molecule has 0 aromatic carbocycles. The lowest BCUT2D eigenvalue weighted by atomic mass is 9.93. The molecule has 0 spiro atoms. The molecule has 0 radical (unpaired) electrons. The SMILES string of the molecule is CC(C)(C)c1ccc(C(C)(C)C)o1.CC(C)(C)c1ccc(C(C)(C)C)s1.CC(C)(C)c1cnc(C(C)(C)C)s1. The van der Waals surface area contributed by atoms with E-state index in [1.54, 1.807) is 0 Å². The summed E-state index contributed by atoms with van der Waals surface area (Å²) >= 11 is 3.78. The van der Waals surface area contributed by atoms with Crippen LogP contribution in [0, 0.1) is 0 Å².